The number of anilines is 1. The fourth-order valence-electron chi connectivity index (χ4n) is 3.43. The van der Waals surface area contributed by atoms with Gasteiger partial charge in [0.15, 0.2) is 17.1 Å². The SMILES string of the molecule is COc1ccc(CCNC(=O)CCN2C(=O)C(C)(C)Oc3ccccc32)cc1OC. The van der Waals surface area contributed by atoms with Crippen LogP contribution in [0.2, 0.25) is 0 Å². The Bertz CT molecular complexity index is 926. The smallest absolute Gasteiger partial charge is 0.270 e. The highest BCUT2D eigenvalue weighted by molar-refractivity contribution is 6.02. The van der Waals surface area contributed by atoms with Crippen LogP contribution >= 0.6 is 0 Å². The lowest BCUT2D eigenvalue weighted by molar-refractivity contribution is -0.132. The molecule has 3 rings (SSSR count). The van der Waals surface area contributed by atoms with Crippen LogP contribution in [0.4, 0.5) is 5.69 Å². The van der Waals surface area contributed by atoms with Gasteiger partial charge in [0.05, 0.1) is 19.9 Å². The number of hydrogen-bond acceptors (Lipinski definition) is 5. The minimum atomic E-state index is -0.960. The van der Waals surface area contributed by atoms with Gasteiger partial charge in [-0.25, -0.2) is 0 Å². The standard InChI is InChI=1S/C23H28N2O5/c1-23(2)22(27)25(17-7-5-6-8-18(17)30-23)14-12-21(26)24-13-11-16-9-10-19(28-3)20(15-16)29-4/h5-10,15H,11-14H2,1-4H3,(H,24,26). The summed E-state index contributed by atoms with van der Waals surface area (Å²) in [6.07, 6.45) is 0.876. The van der Waals surface area contributed by atoms with E-state index < -0.39 is 5.60 Å². The van der Waals surface area contributed by atoms with E-state index in [4.69, 9.17) is 14.2 Å². The van der Waals surface area contributed by atoms with Gasteiger partial charge in [-0.2, -0.15) is 0 Å². The van der Waals surface area contributed by atoms with Gasteiger partial charge in [-0.15, -0.1) is 0 Å². The van der Waals surface area contributed by atoms with Crippen molar-refractivity contribution in [2.75, 3.05) is 32.2 Å². The minimum Gasteiger partial charge on any atom is -0.493 e. The second-order valence-corrected chi connectivity index (χ2v) is 7.58. The maximum Gasteiger partial charge on any atom is 0.270 e. The van der Waals surface area contributed by atoms with Crippen LogP contribution in [0, 0.1) is 0 Å². The van der Waals surface area contributed by atoms with E-state index in [0.717, 1.165) is 5.56 Å². The maximum absolute atomic E-state index is 12.8. The molecule has 0 saturated carbocycles. The van der Waals surface area contributed by atoms with Crippen molar-refractivity contribution >= 4 is 17.5 Å². The highest BCUT2D eigenvalue weighted by Crippen LogP contribution is 2.37. The number of nitrogens with zero attached hydrogens (tertiary/aromatic N) is 1. The Labute approximate surface area is 176 Å². The van der Waals surface area contributed by atoms with Crippen molar-refractivity contribution < 1.29 is 23.8 Å². The Morgan fingerprint density at radius 1 is 1.10 bits per heavy atom. The Morgan fingerprint density at radius 3 is 2.57 bits per heavy atom. The molecule has 1 heterocycles. The Morgan fingerprint density at radius 2 is 1.83 bits per heavy atom. The van der Waals surface area contributed by atoms with E-state index in [0.29, 0.717) is 42.4 Å². The van der Waals surface area contributed by atoms with E-state index in [2.05, 4.69) is 5.32 Å². The minimum absolute atomic E-state index is 0.106. The van der Waals surface area contributed by atoms with Gasteiger partial charge in [0, 0.05) is 19.5 Å². The predicted molar refractivity (Wildman–Crippen MR) is 114 cm³/mol. The van der Waals surface area contributed by atoms with Crippen LogP contribution < -0.4 is 24.4 Å². The van der Waals surface area contributed by atoms with Crippen LogP contribution in [0.15, 0.2) is 42.5 Å². The van der Waals surface area contributed by atoms with Gasteiger partial charge in [-0.3, -0.25) is 9.59 Å². The van der Waals surface area contributed by atoms with Gasteiger partial charge < -0.3 is 24.4 Å². The molecule has 2 aromatic carbocycles. The van der Waals surface area contributed by atoms with E-state index in [1.165, 1.54) is 0 Å². The fraction of sp³-hybridized carbons (Fsp3) is 0.391. The second-order valence-electron chi connectivity index (χ2n) is 7.58. The number of amides is 2. The van der Waals surface area contributed by atoms with Gasteiger partial charge in [0.2, 0.25) is 5.91 Å². The van der Waals surface area contributed by atoms with Crippen LogP contribution in [0.3, 0.4) is 0 Å². The second kappa shape index (κ2) is 9.07. The molecule has 0 bridgehead atoms. The third kappa shape index (κ3) is 4.67. The van der Waals surface area contributed by atoms with Crippen molar-refractivity contribution in [1.82, 2.24) is 5.32 Å². The molecule has 160 valence electrons. The number of para-hydroxylation sites is 2. The third-order valence-corrected chi connectivity index (χ3v) is 5.03. The lowest BCUT2D eigenvalue weighted by Crippen LogP contribution is -2.53. The summed E-state index contributed by atoms with van der Waals surface area (Å²) in [7, 11) is 3.19. The maximum atomic E-state index is 12.8. The summed E-state index contributed by atoms with van der Waals surface area (Å²) < 4.78 is 16.3. The molecule has 0 aromatic heterocycles. The quantitative estimate of drug-likeness (QED) is 0.721. The summed E-state index contributed by atoms with van der Waals surface area (Å²) >= 11 is 0. The first kappa shape index (κ1) is 21.5. The number of benzene rings is 2. The number of nitrogens with one attached hydrogen (secondary N) is 1. The summed E-state index contributed by atoms with van der Waals surface area (Å²) in [4.78, 5) is 26.8. The molecule has 0 aliphatic carbocycles. The zero-order chi connectivity index (χ0) is 21.7. The number of fused-ring (bicyclic) bond motifs is 1. The van der Waals surface area contributed by atoms with Gasteiger partial charge in [-0.1, -0.05) is 18.2 Å². The average molecular weight is 412 g/mol. The molecule has 2 amide bonds. The number of hydrogen-bond donors (Lipinski definition) is 1. The molecule has 1 N–H and O–H groups in total. The highest BCUT2D eigenvalue weighted by Gasteiger charge is 2.40. The normalized spacial score (nSPS) is 14.5. The number of methoxy groups -OCH3 is 2. The molecule has 0 spiro atoms. The van der Waals surface area contributed by atoms with E-state index in [-0.39, 0.29) is 18.2 Å². The molecule has 7 heteroatoms. The van der Waals surface area contributed by atoms with Crippen molar-refractivity contribution in [3.63, 3.8) is 0 Å². The summed E-state index contributed by atoms with van der Waals surface area (Å²) in [5.74, 6) is 1.72. The van der Waals surface area contributed by atoms with E-state index in [9.17, 15) is 9.59 Å². The molecule has 0 unspecified atom stereocenters. The molecule has 0 atom stereocenters. The van der Waals surface area contributed by atoms with Crippen molar-refractivity contribution in [1.29, 1.82) is 0 Å². The van der Waals surface area contributed by atoms with E-state index in [1.54, 1.807) is 33.0 Å². The zero-order valence-corrected chi connectivity index (χ0v) is 17.9. The van der Waals surface area contributed by atoms with Crippen LogP contribution in [0.25, 0.3) is 0 Å². The average Bonchev–Trinajstić information content (AvgIpc) is 2.73. The molecular formula is C23H28N2O5. The zero-order valence-electron chi connectivity index (χ0n) is 17.9. The van der Waals surface area contributed by atoms with E-state index in [1.807, 2.05) is 42.5 Å². The Kier molecular flexibility index (Phi) is 6.50. The summed E-state index contributed by atoms with van der Waals surface area (Å²) in [6, 6.07) is 13.1. The van der Waals surface area contributed by atoms with Gasteiger partial charge in [0.1, 0.15) is 5.75 Å². The molecule has 0 saturated heterocycles. The molecule has 1 aliphatic rings. The monoisotopic (exact) mass is 412 g/mol. The lowest BCUT2D eigenvalue weighted by Gasteiger charge is -2.38. The Hall–Kier alpha value is -3.22. The molecule has 2 aromatic rings. The summed E-state index contributed by atoms with van der Waals surface area (Å²) in [5.41, 5.74) is 0.769. The van der Waals surface area contributed by atoms with Crippen molar-refractivity contribution in [2.45, 2.75) is 32.3 Å². The van der Waals surface area contributed by atoms with Gasteiger partial charge in [0.25, 0.3) is 5.91 Å². The first-order chi connectivity index (χ1) is 14.4. The molecule has 7 nitrogen and oxygen atoms in total. The van der Waals surface area contributed by atoms with Crippen LogP contribution in [-0.2, 0) is 16.0 Å². The number of rotatable bonds is 8. The first-order valence-electron chi connectivity index (χ1n) is 9.93. The highest BCUT2D eigenvalue weighted by atomic mass is 16.5. The fourth-order valence-corrected chi connectivity index (χ4v) is 3.43. The molecule has 0 fully saturated rings. The Balaban J connectivity index is 1.54. The lowest BCUT2D eigenvalue weighted by atomic mass is 10.0. The predicted octanol–water partition coefficient (Wildman–Crippen LogP) is 2.96. The molecule has 1 aliphatic heterocycles. The van der Waals surface area contributed by atoms with Crippen molar-refractivity contribution in [3.05, 3.63) is 48.0 Å². The topological polar surface area (TPSA) is 77.1 Å². The number of ether oxygens (including phenoxy) is 3. The summed E-state index contributed by atoms with van der Waals surface area (Å²) in [6.45, 7) is 4.27. The molecular weight excluding hydrogens is 384 g/mol. The van der Waals surface area contributed by atoms with Crippen molar-refractivity contribution in [2.24, 2.45) is 0 Å². The van der Waals surface area contributed by atoms with Crippen LogP contribution in [-0.4, -0.2) is 44.7 Å². The number of carbonyl (C=O) groups is 2. The first-order valence-corrected chi connectivity index (χ1v) is 9.93. The molecule has 0 radical (unpaired) electrons. The van der Waals surface area contributed by atoms with Gasteiger partial charge in [-0.05, 0) is 50.1 Å². The van der Waals surface area contributed by atoms with Crippen LogP contribution in [0.1, 0.15) is 25.8 Å². The van der Waals surface area contributed by atoms with Gasteiger partial charge >= 0.3 is 0 Å². The largest absolute Gasteiger partial charge is 0.493 e. The van der Waals surface area contributed by atoms with Crippen molar-refractivity contribution in [3.8, 4) is 17.2 Å². The molecule has 30 heavy (non-hydrogen) atoms. The van der Waals surface area contributed by atoms with E-state index >= 15 is 0 Å². The van der Waals surface area contributed by atoms with Crippen LogP contribution in [0.5, 0.6) is 17.2 Å². The summed E-state index contributed by atoms with van der Waals surface area (Å²) in [5, 5.41) is 2.92. The number of carbonyl (C=O) groups excluding carboxylic acids is 2. The third-order valence-electron chi connectivity index (χ3n) is 5.03.